The van der Waals surface area contributed by atoms with Crippen LogP contribution in [0.15, 0.2) is 30.3 Å². The van der Waals surface area contributed by atoms with Crippen LogP contribution < -0.4 is 5.32 Å². The van der Waals surface area contributed by atoms with Crippen molar-refractivity contribution in [2.45, 2.75) is 45.1 Å². The van der Waals surface area contributed by atoms with E-state index in [0.717, 1.165) is 26.1 Å². The molecule has 0 unspecified atom stereocenters. The first-order valence-corrected chi connectivity index (χ1v) is 7.76. The van der Waals surface area contributed by atoms with E-state index < -0.39 is 0 Å². The number of hydrogen-bond acceptors (Lipinski definition) is 2. The van der Waals surface area contributed by atoms with Gasteiger partial charge in [0, 0.05) is 6.61 Å². The first kappa shape index (κ1) is 14.5. The molecule has 1 aliphatic rings. The largest absolute Gasteiger partial charge is 0.378 e. The standard InChI is InChI=1S/C17H27NO/c1-2-11-18-12-10-16(17-9-6-13-19-17)14-15-7-4-3-5-8-15/h3-5,7-8,16-18H,2,6,9-14H2,1H3/t16-,17+/m0/s1. The second-order valence-electron chi connectivity index (χ2n) is 5.54. The third-order valence-corrected chi connectivity index (χ3v) is 3.95. The highest BCUT2D eigenvalue weighted by Crippen LogP contribution is 2.26. The van der Waals surface area contributed by atoms with Crippen molar-refractivity contribution in [2.75, 3.05) is 19.7 Å². The van der Waals surface area contributed by atoms with E-state index in [1.165, 1.54) is 31.2 Å². The van der Waals surface area contributed by atoms with Gasteiger partial charge in [0.05, 0.1) is 6.10 Å². The Morgan fingerprint density at radius 1 is 1.26 bits per heavy atom. The number of nitrogens with one attached hydrogen (secondary N) is 1. The van der Waals surface area contributed by atoms with Gasteiger partial charge in [0.1, 0.15) is 0 Å². The zero-order chi connectivity index (χ0) is 13.3. The predicted molar refractivity (Wildman–Crippen MR) is 80.4 cm³/mol. The van der Waals surface area contributed by atoms with Gasteiger partial charge < -0.3 is 10.1 Å². The molecule has 0 bridgehead atoms. The zero-order valence-electron chi connectivity index (χ0n) is 12.1. The van der Waals surface area contributed by atoms with E-state index in [1.54, 1.807) is 0 Å². The van der Waals surface area contributed by atoms with Crippen molar-refractivity contribution in [2.24, 2.45) is 5.92 Å². The molecule has 1 fully saturated rings. The molecule has 1 heterocycles. The fourth-order valence-corrected chi connectivity index (χ4v) is 2.90. The monoisotopic (exact) mass is 261 g/mol. The number of rotatable bonds is 8. The van der Waals surface area contributed by atoms with Crippen molar-refractivity contribution < 1.29 is 4.74 Å². The van der Waals surface area contributed by atoms with Gasteiger partial charge >= 0.3 is 0 Å². The highest BCUT2D eigenvalue weighted by Gasteiger charge is 2.25. The summed E-state index contributed by atoms with van der Waals surface area (Å²) in [5.41, 5.74) is 1.44. The van der Waals surface area contributed by atoms with E-state index in [4.69, 9.17) is 4.74 Å². The molecule has 0 amide bonds. The van der Waals surface area contributed by atoms with Gasteiger partial charge in [-0.3, -0.25) is 0 Å². The fourth-order valence-electron chi connectivity index (χ4n) is 2.90. The Kier molecular flexibility index (Phi) is 6.38. The van der Waals surface area contributed by atoms with Gasteiger partial charge in [0.25, 0.3) is 0 Å². The Balaban J connectivity index is 1.86. The molecule has 106 valence electrons. The average molecular weight is 261 g/mol. The molecule has 2 rings (SSSR count). The molecular weight excluding hydrogens is 234 g/mol. The molecular formula is C17H27NO. The van der Waals surface area contributed by atoms with Gasteiger partial charge in [-0.2, -0.15) is 0 Å². The van der Waals surface area contributed by atoms with Crippen LogP contribution in [0.5, 0.6) is 0 Å². The minimum Gasteiger partial charge on any atom is -0.378 e. The molecule has 2 heteroatoms. The summed E-state index contributed by atoms with van der Waals surface area (Å²) in [6.07, 6.45) is 6.54. The smallest absolute Gasteiger partial charge is 0.0607 e. The molecule has 1 aromatic rings. The maximum absolute atomic E-state index is 5.92. The van der Waals surface area contributed by atoms with Gasteiger partial charge in [-0.25, -0.2) is 0 Å². The average Bonchev–Trinajstić information content (AvgIpc) is 2.97. The Labute approximate surface area is 117 Å². The summed E-state index contributed by atoms with van der Waals surface area (Å²) in [6, 6.07) is 10.8. The topological polar surface area (TPSA) is 21.3 Å². The molecule has 0 aliphatic carbocycles. The lowest BCUT2D eigenvalue weighted by Crippen LogP contribution is -2.27. The van der Waals surface area contributed by atoms with Gasteiger partial charge in [-0.15, -0.1) is 0 Å². The van der Waals surface area contributed by atoms with E-state index in [-0.39, 0.29) is 0 Å². The third kappa shape index (κ3) is 4.96. The second-order valence-corrected chi connectivity index (χ2v) is 5.54. The van der Waals surface area contributed by atoms with Gasteiger partial charge in [-0.1, -0.05) is 37.3 Å². The van der Waals surface area contributed by atoms with Crippen LogP contribution in [-0.4, -0.2) is 25.8 Å². The highest BCUT2D eigenvalue weighted by molar-refractivity contribution is 5.15. The summed E-state index contributed by atoms with van der Waals surface area (Å²) in [5, 5.41) is 3.52. The molecule has 1 aromatic carbocycles. The summed E-state index contributed by atoms with van der Waals surface area (Å²) < 4.78 is 5.92. The van der Waals surface area contributed by atoms with Crippen LogP contribution in [-0.2, 0) is 11.2 Å². The second kappa shape index (κ2) is 8.34. The van der Waals surface area contributed by atoms with Crippen LogP contribution in [0.1, 0.15) is 38.2 Å². The van der Waals surface area contributed by atoms with Crippen LogP contribution in [0, 0.1) is 5.92 Å². The van der Waals surface area contributed by atoms with Crippen molar-refractivity contribution in [1.82, 2.24) is 5.32 Å². The molecule has 0 spiro atoms. The molecule has 0 radical (unpaired) electrons. The van der Waals surface area contributed by atoms with E-state index in [1.807, 2.05) is 0 Å². The Bertz CT molecular complexity index is 332. The van der Waals surface area contributed by atoms with Crippen LogP contribution in [0.2, 0.25) is 0 Å². The van der Waals surface area contributed by atoms with Crippen LogP contribution in [0.3, 0.4) is 0 Å². The van der Waals surface area contributed by atoms with Gasteiger partial charge in [0.15, 0.2) is 0 Å². The molecule has 2 nitrogen and oxygen atoms in total. The van der Waals surface area contributed by atoms with E-state index in [2.05, 4.69) is 42.6 Å². The molecule has 2 atom stereocenters. The van der Waals surface area contributed by atoms with E-state index in [9.17, 15) is 0 Å². The summed E-state index contributed by atoms with van der Waals surface area (Å²) in [7, 11) is 0. The fraction of sp³-hybridized carbons (Fsp3) is 0.647. The summed E-state index contributed by atoms with van der Waals surface area (Å²) in [6.45, 7) is 5.42. The predicted octanol–water partition coefficient (Wildman–Crippen LogP) is 3.41. The lowest BCUT2D eigenvalue weighted by atomic mass is 9.89. The Morgan fingerprint density at radius 2 is 2.11 bits per heavy atom. The molecule has 1 aliphatic heterocycles. The Hall–Kier alpha value is -0.860. The minimum atomic E-state index is 0.476. The summed E-state index contributed by atoms with van der Waals surface area (Å²) in [5.74, 6) is 0.661. The van der Waals surface area contributed by atoms with Crippen LogP contribution >= 0.6 is 0 Å². The lowest BCUT2D eigenvalue weighted by Gasteiger charge is -2.23. The summed E-state index contributed by atoms with van der Waals surface area (Å²) in [4.78, 5) is 0. The van der Waals surface area contributed by atoms with Crippen molar-refractivity contribution in [3.05, 3.63) is 35.9 Å². The van der Waals surface area contributed by atoms with Crippen LogP contribution in [0.25, 0.3) is 0 Å². The first-order valence-electron chi connectivity index (χ1n) is 7.76. The quantitative estimate of drug-likeness (QED) is 0.724. The normalized spacial score (nSPS) is 20.6. The third-order valence-electron chi connectivity index (χ3n) is 3.95. The van der Waals surface area contributed by atoms with Gasteiger partial charge in [-0.05, 0) is 56.7 Å². The molecule has 0 aromatic heterocycles. The first-order chi connectivity index (χ1) is 9.40. The minimum absolute atomic E-state index is 0.476. The van der Waals surface area contributed by atoms with E-state index >= 15 is 0 Å². The maximum Gasteiger partial charge on any atom is 0.0607 e. The number of hydrogen-bond donors (Lipinski definition) is 1. The van der Waals surface area contributed by atoms with Crippen LogP contribution in [0.4, 0.5) is 0 Å². The van der Waals surface area contributed by atoms with Gasteiger partial charge in [0.2, 0.25) is 0 Å². The van der Waals surface area contributed by atoms with E-state index in [0.29, 0.717) is 12.0 Å². The molecule has 1 saturated heterocycles. The maximum atomic E-state index is 5.92. The molecule has 1 N–H and O–H groups in total. The Morgan fingerprint density at radius 3 is 2.79 bits per heavy atom. The number of benzene rings is 1. The summed E-state index contributed by atoms with van der Waals surface area (Å²) >= 11 is 0. The van der Waals surface area contributed by atoms with Crippen molar-refractivity contribution in [3.8, 4) is 0 Å². The zero-order valence-corrected chi connectivity index (χ0v) is 12.1. The van der Waals surface area contributed by atoms with Crippen molar-refractivity contribution in [1.29, 1.82) is 0 Å². The van der Waals surface area contributed by atoms with Crippen molar-refractivity contribution >= 4 is 0 Å². The molecule has 19 heavy (non-hydrogen) atoms. The SMILES string of the molecule is CCCNCC[C@@H](Cc1ccccc1)[C@H]1CCCO1. The number of ether oxygens (including phenoxy) is 1. The van der Waals surface area contributed by atoms with Crippen molar-refractivity contribution in [3.63, 3.8) is 0 Å². The highest BCUT2D eigenvalue weighted by atomic mass is 16.5. The molecule has 0 saturated carbocycles. The lowest BCUT2D eigenvalue weighted by molar-refractivity contribution is 0.0595.